The van der Waals surface area contributed by atoms with Crippen LogP contribution in [0.4, 0.5) is 4.39 Å². The number of halogens is 1. The fourth-order valence-corrected chi connectivity index (χ4v) is 4.27. The molecular formula is C16H21FN2O2S2. The molecule has 1 aromatic carbocycles. The van der Waals surface area contributed by atoms with E-state index in [1.807, 2.05) is 30.7 Å². The van der Waals surface area contributed by atoms with Crippen molar-refractivity contribution in [3.05, 3.63) is 52.5 Å². The molecule has 2 aromatic rings. The highest BCUT2D eigenvalue weighted by Gasteiger charge is 2.22. The van der Waals surface area contributed by atoms with Gasteiger partial charge in [-0.25, -0.2) is 17.5 Å². The van der Waals surface area contributed by atoms with E-state index >= 15 is 0 Å². The molecule has 0 spiro atoms. The molecule has 0 bridgehead atoms. The zero-order chi connectivity index (χ0) is 16.9. The SMILES string of the molecule is CCN(CC)[C@H](CNS(=O)(=O)c1cccc(F)c1)c1ccsc1. The topological polar surface area (TPSA) is 49.4 Å². The molecule has 1 N–H and O–H groups in total. The van der Waals surface area contributed by atoms with Gasteiger partial charge in [0.05, 0.1) is 4.90 Å². The van der Waals surface area contributed by atoms with Crippen molar-refractivity contribution in [3.63, 3.8) is 0 Å². The van der Waals surface area contributed by atoms with E-state index in [1.165, 1.54) is 18.2 Å². The molecule has 0 amide bonds. The summed E-state index contributed by atoms with van der Waals surface area (Å²) in [4.78, 5) is 2.14. The summed E-state index contributed by atoms with van der Waals surface area (Å²) in [5.74, 6) is -0.564. The van der Waals surface area contributed by atoms with Crippen molar-refractivity contribution in [3.8, 4) is 0 Å². The van der Waals surface area contributed by atoms with E-state index in [0.717, 1.165) is 24.7 Å². The first-order valence-corrected chi connectivity index (χ1v) is 9.92. The van der Waals surface area contributed by atoms with Crippen LogP contribution in [-0.4, -0.2) is 33.0 Å². The molecule has 0 aliphatic rings. The molecule has 0 saturated heterocycles. The van der Waals surface area contributed by atoms with Gasteiger partial charge in [-0.3, -0.25) is 4.90 Å². The Morgan fingerprint density at radius 3 is 2.57 bits per heavy atom. The second-order valence-corrected chi connectivity index (χ2v) is 7.65. The summed E-state index contributed by atoms with van der Waals surface area (Å²) in [7, 11) is -3.73. The summed E-state index contributed by atoms with van der Waals surface area (Å²) in [6, 6.07) is 7.00. The maximum atomic E-state index is 13.3. The van der Waals surface area contributed by atoms with Crippen LogP contribution in [0.15, 0.2) is 46.0 Å². The Morgan fingerprint density at radius 1 is 1.26 bits per heavy atom. The van der Waals surface area contributed by atoms with E-state index in [9.17, 15) is 12.8 Å². The van der Waals surface area contributed by atoms with Gasteiger partial charge >= 0.3 is 0 Å². The number of rotatable bonds is 8. The lowest BCUT2D eigenvalue weighted by Gasteiger charge is -2.29. The molecule has 23 heavy (non-hydrogen) atoms. The van der Waals surface area contributed by atoms with Crippen LogP contribution < -0.4 is 4.72 Å². The molecule has 126 valence electrons. The first-order valence-electron chi connectivity index (χ1n) is 7.49. The van der Waals surface area contributed by atoms with E-state index in [2.05, 4.69) is 9.62 Å². The molecule has 7 heteroatoms. The summed E-state index contributed by atoms with van der Waals surface area (Å²) in [5.41, 5.74) is 1.08. The Hall–Kier alpha value is -1.28. The standard InChI is InChI=1S/C16H21FN2O2S2/c1-3-19(4-2)16(13-8-9-22-12-13)11-18-23(20,21)15-7-5-6-14(17)10-15/h5-10,12,16,18H,3-4,11H2,1-2H3/t16-/m1/s1. The van der Waals surface area contributed by atoms with Gasteiger partial charge in [-0.15, -0.1) is 0 Å². The summed E-state index contributed by atoms with van der Waals surface area (Å²) >= 11 is 1.58. The molecule has 0 aliphatic heterocycles. The molecule has 0 radical (unpaired) electrons. The van der Waals surface area contributed by atoms with Crippen LogP contribution in [0.25, 0.3) is 0 Å². The van der Waals surface area contributed by atoms with E-state index in [0.29, 0.717) is 0 Å². The average molecular weight is 356 g/mol. The largest absolute Gasteiger partial charge is 0.296 e. The zero-order valence-electron chi connectivity index (χ0n) is 13.2. The summed E-state index contributed by atoms with van der Waals surface area (Å²) in [5, 5.41) is 4.01. The van der Waals surface area contributed by atoms with Crippen molar-refractivity contribution < 1.29 is 12.8 Å². The number of sulfonamides is 1. The Morgan fingerprint density at radius 2 is 2.00 bits per heavy atom. The summed E-state index contributed by atoms with van der Waals surface area (Å²) in [6.45, 7) is 5.97. The molecule has 1 heterocycles. The molecule has 4 nitrogen and oxygen atoms in total. The third-order valence-electron chi connectivity index (χ3n) is 3.75. The Labute approximate surface area is 141 Å². The van der Waals surface area contributed by atoms with Gasteiger partial charge in [0.15, 0.2) is 0 Å². The minimum atomic E-state index is -3.73. The fraction of sp³-hybridized carbons (Fsp3) is 0.375. The summed E-state index contributed by atoms with van der Waals surface area (Å²) < 4.78 is 40.6. The van der Waals surface area contributed by atoms with Crippen molar-refractivity contribution in [2.45, 2.75) is 24.8 Å². The highest BCUT2D eigenvalue weighted by Crippen LogP contribution is 2.23. The third kappa shape index (κ3) is 4.60. The number of thiophene rings is 1. The van der Waals surface area contributed by atoms with Gasteiger partial charge in [-0.2, -0.15) is 11.3 Å². The zero-order valence-corrected chi connectivity index (χ0v) is 14.8. The molecule has 1 atom stereocenters. The number of hydrogen-bond donors (Lipinski definition) is 1. The van der Waals surface area contributed by atoms with Crippen LogP contribution in [0, 0.1) is 5.82 Å². The van der Waals surface area contributed by atoms with E-state index < -0.39 is 15.8 Å². The maximum absolute atomic E-state index is 13.3. The van der Waals surface area contributed by atoms with Crippen LogP contribution in [0.5, 0.6) is 0 Å². The quantitative estimate of drug-likeness (QED) is 0.790. The molecule has 1 aromatic heterocycles. The second-order valence-electron chi connectivity index (χ2n) is 5.10. The lowest BCUT2D eigenvalue weighted by molar-refractivity contribution is 0.220. The van der Waals surface area contributed by atoms with Crippen LogP contribution in [0.1, 0.15) is 25.5 Å². The molecular weight excluding hydrogens is 335 g/mol. The van der Waals surface area contributed by atoms with Crippen molar-refractivity contribution in [1.82, 2.24) is 9.62 Å². The number of hydrogen-bond acceptors (Lipinski definition) is 4. The minimum Gasteiger partial charge on any atom is -0.296 e. The monoisotopic (exact) mass is 356 g/mol. The first kappa shape index (κ1) is 18.1. The van der Waals surface area contributed by atoms with Crippen molar-refractivity contribution in [2.24, 2.45) is 0 Å². The highest BCUT2D eigenvalue weighted by atomic mass is 32.2. The molecule has 0 fully saturated rings. The van der Waals surface area contributed by atoms with Gasteiger partial charge in [0.25, 0.3) is 0 Å². The predicted molar refractivity (Wildman–Crippen MR) is 91.6 cm³/mol. The van der Waals surface area contributed by atoms with E-state index in [4.69, 9.17) is 0 Å². The smallest absolute Gasteiger partial charge is 0.240 e. The van der Waals surface area contributed by atoms with Crippen LogP contribution in [0.3, 0.4) is 0 Å². The summed E-state index contributed by atoms with van der Waals surface area (Å²) in [6.07, 6.45) is 0. The lowest BCUT2D eigenvalue weighted by Crippen LogP contribution is -2.37. The van der Waals surface area contributed by atoms with E-state index in [1.54, 1.807) is 11.3 Å². The maximum Gasteiger partial charge on any atom is 0.240 e. The number of benzene rings is 1. The molecule has 0 saturated carbocycles. The third-order valence-corrected chi connectivity index (χ3v) is 5.88. The number of nitrogens with zero attached hydrogens (tertiary/aromatic N) is 1. The fourth-order valence-electron chi connectivity index (χ4n) is 2.49. The van der Waals surface area contributed by atoms with Crippen LogP contribution >= 0.6 is 11.3 Å². The number of likely N-dealkylation sites (N-methyl/N-ethyl adjacent to an activating group) is 1. The van der Waals surface area contributed by atoms with Gasteiger partial charge in [-0.1, -0.05) is 19.9 Å². The molecule has 0 aliphatic carbocycles. The van der Waals surface area contributed by atoms with Gasteiger partial charge in [0, 0.05) is 12.6 Å². The average Bonchev–Trinajstić information content (AvgIpc) is 3.05. The Balaban J connectivity index is 2.17. The van der Waals surface area contributed by atoms with Crippen LogP contribution in [0.2, 0.25) is 0 Å². The second kappa shape index (κ2) is 8.01. The first-order chi connectivity index (χ1) is 11.0. The van der Waals surface area contributed by atoms with Crippen molar-refractivity contribution >= 4 is 21.4 Å². The van der Waals surface area contributed by atoms with Crippen molar-refractivity contribution in [1.29, 1.82) is 0 Å². The van der Waals surface area contributed by atoms with Gasteiger partial charge in [-0.05, 0) is 53.7 Å². The van der Waals surface area contributed by atoms with Crippen LogP contribution in [-0.2, 0) is 10.0 Å². The molecule has 0 unspecified atom stereocenters. The minimum absolute atomic E-state index is 0.0421. The van der Waals surface area contributed by atoms with E-state index in [-0.39, 0.29) is 17.5 Å². The van der Waals surface area contributed by atoms with Gasteiger partial charge < -0.3 is 0 Å². The van der Waals surface area contributed by atoms with Gasteiger partial charge in [0.1, 0.15) is 5.82 Å². The van der Waals surface area contributed by atoms with Gasteiger partial charge in [0.2, 0.25) is 10.0 Å². The molecule has 2 rings (SSSR count). The predicted octanol–water partition coefficient (Wildman–Crippen LogP) is 3.25. The lowest BCUT2D eigenvalue weighted by atomic mass is 10.1. The Kier molecular flexibility index (Phi) is 6.29. The Bertz CT molecular complexity index is 713. The normalized spacial score (nSPS) is 13.4. The van der Waals surface area contributed by atoms with Crippen molar-refractivity contribution in [2.75, 3.05) is 19.6 Å². The number of nitrogens with one attached hydrogen (secondary N) is 1. The highest BCUT2D eigenvalue weighted by molar-refractivity contribution is 7.89.